The minimum Gasteiger partial charge on any atom is -0.381 e. The molecule has 1 aromatic carbocycles. The van der Waals surface area contributed by atoms with Crippen LogP contribution >= 0.6 is 11.3 Å². The van der Waals surface area contributed by atoms with E-state index in [1.807, 2.05) is 6.07 Å². The van der Waals surface area contributed by atoms with Gasteiger partial charge in [-0.3, -0.25) is 4.79 Å². The van der Waals surface area contributed by atoms with E-state index < -0.39 is 5.41 Å². The number of halogens is 1. The monoisotopic (exact) mass is 349 g/mol. The van der Waals surface area contributed by atoms with Gasteiger partial charge in [0, 0.05) is 37.3 Å². The molecule has 0 aliphatic carbocycles. The molecule has 1 saturated heterocycles. The number of amides is 1. The molecule has 3 rings (SSSR count). The van der Waals surface area contributed by atoms with Crippen LogP contribution in [0, 0.1) is 11.2 Å². The zero-order valence-corrected chi connectivity index (χ0v) is 14.1. The lowest BCUT2D eigenvalue weighted by atomic mass is 9.79. The highest BCUT2D eigenvalue weighted by atomic mass is 32.1. The van der Waals surface area contributed by atoms with Gasteiger partial charge < -0.3 is 15.8 Å². The Kier molecular flexibility index (Phi) is 5.23. The van der Waals surface area contributed by atoms with Gasteiger partial charge in [-0.1, -0.05) is 12.1 Å². The Bertz CT molecular complexity index is 713. The van der Waals surface area contributed by atoms with E-state index in [1.54, 1.807) is 12.3 Å². The van der Waals surface area contributed by atoms with Crippen molar-refractivity contribution in [1.29, 1.82) is 0 Å². The number of thiazole rings is 1. The quantitative estimate of drug-likeness (QED) is 0.870. The predicted octanol–water partition coefficient (Wildman–Crippen LogP) is 2.57. The first kappa shape index (κ1) is 17.0. The van der Waals surface area contributed by atoms with Gasteiger partial charge in [0.1, 0.15) is 5.82 Å². The molecule has 0 atom stereocenters. The van der Waals surface area contributed by atoms with Crippen molar-refractivity contribution in [2.75, 3.05) is 25.1 Å². The number of rotatable bonds is 5. The third-order valence-corrected chi connectivity index (χ3v) is 5.28. The van der Waals surface area contributed by atoms with Crippen molar-refractivity contribution in [3.63, 3.8) is 0 Å². The molecule has 0 spiro atoms. The number of carbonyl (C=O) groups excluding carboxylic acids is 1. The van der Waals surface area contributed by atoms with Gasteiger partial charge in [-0.25, -0.2) is 9.37 Å². The van der Waals surface area contributed by atoms with E-state index in [0.717, 1.165) is 10.4 Å². The van der Waals surface area contributed by atoms with E-state index in [1.165, 1.54) is 23.5 Å². The fraction of sp³-hybridized carbons (Fsp3) is 0.412. The van der Waals surface area contributed by atoms with Crippen LogP contribution in [0.4, 0.5) is 9.52 Å². The summed E-state index contributed by atoms with van der Waals surface area (Å²) in [5, 5.41) is 3.43. The van der Waals surface area contributed by atoms with Gasteiger partial charge in [0.25, 0.3) is 0 Å². The molecule has 0 unspecified atom stereocenters. The molecule has 24 heavy (non-hydrogen) atoms. The molecule has 1 aliphatic heterocycles. The predicted molar refractivity (Wildman–Crippen MR) is 91.5 cm³/mol. The van der Waals surface area contributed by atoms with Gasteiger partial charge in [-0.15, -0.1) is 11.3 Å². The van der Waals surface area contributed by atoms with Crippen molar-refractivity contribution in [2.24, 2.45) is 11.1 Å². The zero-order chi connectivity index (χ0) is 17.0. The van der Waals surface area contributed by atoms with E-state index in [-0.39, 0.29) is 11.7 Å². The zero-order valence-electron chi connectivity index (χ0n) is 13.3. The van der Waals surface area contributed by atoms with Crippen LogP contribution < -0.4 is 11.1 Å². The Balaban J connectivity index is 1.66. The first-order valence-corrected chi connectivity index (χ1v) is 8.71. The topological polar surface area (TPSA) is 77.2 Å². The summed E-state index contributed by atoms with van der Waals surface area (Å²) < 4.78 is 18.6. The molecule has 0 radical (unpaired) electrons. The number of anilines is 1. The van der Waals surface area contributed by atoms with Crippen LogP contribution in [0.25, 0.3) is 0 Å². The molecule has 3 N–H and O–H groups in total. The molecule has 0 bridgehead atoms. The van der Waals surface area contributed by atoms with Crippen molar-refractivity contribution < 1.29 is 13.9 Å². The lowest BCUT2D eigenvalue weighted by Gasteiger charge is -2.34. The molecular weight excluding hydrogens is 329 g/mol. The normalized spacial score (nSPS) is 16.8. The fourth-order valence-electron chi connectivity index (χ4n) is 2.81. The maximum Gasteiger partial charge on any atom is 0.233 e. The van der Waals surface area contributed by atoms with Crippen LogP contribution in [0.3, 0.4) is 0 Å². The largest absolute Gasteiger partial charge is 0.381 e. The second-order valence-corrected chi connectivity index (χ2v) is 7.10. The molecule has 7 heteroatoms. The van der Waals surface area contributed by atoms with Gasteiger partial charge in [-0.05, 0) is 30.5 Å². The van der Waals surface area contributed by atoms with Crippen molar-refractivity contribution in [1.82, 2.24) is 4.98 Å². The lowest BCUT2D eigenvalue weighted by molar-refractivity contribution is -0.130. The van der Waals surface area contributed by atoms with E-state index in [9.17, 15) is 9.18 Å². The molecule has 2 heterocycles. The average Bonchev–Trinajstić information content (AvgIpc) is 3.02. The van der Waals surface area contributed by atoms with Crippen LogP contribution in [-0.2, 0) is 16.0 Å². The standard InChI is InChI=1S/C17H20FN3O2S/c18-13-3-1-2-12(8-13)9-14-10-20-16(24-14)21-15(22)17(11-19)4-6-23-7-5-17/h1-3,8,10H,4-7,9,11,19H2,(H,20,21,22). The summed E-state index contributed by atoms with van der Waals surface area (Å²) in [6, 6.07) is 6.47. The van der Waals surface area contributed by atoms with E-state index in [4.69, 9.17) is 10.5 Å². The smallest absolute Gasteiger partial charge is 0.233 e. The molecule has 5 nitrogen and oxygen atoms in total. The third kappa shape index (κ3) is 3.80. The Morgan fingerprint density at radius 2 is 2.21 bits per heavy atom. The maximum absolute atomic E-state index is 13.2. The van der Waals surface area contributed by atoms with Gasteiger partial charge in [0.15, 0.2) is 5.13 Å². The van der Waals surface area contributed by atoms with Gasteiger partial charge in [0.2, 0.25) is 5.91 Å². The molecule has 128 valence electrons. The number of aromatic nitrogens is 1. The number of hydrogen-bond acceptors (Lipinski definition) is 5. The number of ether oxygens (including phenoxy) is 1. The van der Waals surface area contributed by atoms with Crippen molar-refractivity contribution in [2.45, 2.75) is 19.3 Å². The second-order valence-electron chi connectivity index (χ2n) is 5.99. The van der Waals surface area contributed by atoms with Crippen LogP contribution in [0.2, 0.25) is 0 Å². The number of benzene rings is 1. The molecule has 1 aromatic heterocycles. The molecule has 2 aromatic rings. The number of nitrogens with zero attached hydrogens (tertiary/aromatic N) is 1. The molecule has 1 amide bonds. The van der Waals surface area contributed by atoms with E-state index in [2.05, 4.69) is 10.3 Å². The molecule has 0 saturated carbocycles. The number of hydrogen-bond donors (Lipinski definition) is 2. The van der Waals surface area contributed by atoms with Gasteiger partial charge >= 0.3 is 0 Å². The van der Waals surface area contributed by atoms with E-state index in [0.29, 0.717) is 44.2 Å². The molecule has 1 fully saturated rings. The highest BCUT2D eigenvalue weighted by Crippen LogP contribution is 2.31. The minimum absolute atomic E-state index is 0.0973. The summed E-state index contributed by atoms with van der Waals surface area (Å²) in [4.78, 5) is 17.8. The Hall–Kier alpha value is -1.83. The Labute approximate surface area is 144 Å². The molecular formula is C17H20FN3O2S. The van der Waals surface area contributed by atoms with E-state index >= 15 is 0 Å². The van der Waals surface area contributed by atoms with Crippen LogP contribution in [-0.4, -0.2) is 30.6 Å². The number of carbonyl (C=O) groups is 1. The van der Waals surface area contributed by atoms with Crippen molar-refractivity contribution >= 4 is 22.4 Å². The second kappa shape index (κ2) is 7.38. The average molecular weight is 349 g/mol. The summed E-state index contributed by atoms with van der Waals surface area (Å²) in [5.41, 5.74) is 6.14. The number of nitrogens with two attached hydrogens (primary N) is 1. The van der Waals surface area contributed by atoms with Crippen LogP contribution in [0.1, 0.15) is 23.3 Å². The SMILES string of the molecule is NCC1(C(=O)Nc2ncc(Cc3cccc(F)c3)s2)CCOCC1. The first-order chi connectivity index (χ1) is 11.6. The summed E-state index contributed by atoms with van der Waals surface area (Å²) in [7, 11) is 0. The highest BCUT2D eigenvalue weighted by molar-refractivity contribution is 7.15. The van der Waals surface area contributed by atoms with Crippen LogP contribution in [0.5, 0.6) is 0 Å². The fourth-order valence-corrected chi connectivity index (χ4v) is 3.65. The van der Waals surface area contributed by atoms with Gasteiger partial charge in [-0.2, -0.15) is 0 Å². The summed E-state index contributed by atoms with van der Waals surface area (Å²) >= 11 is 1.40. The Morgan fingerprint density at radius 1 is 1.42 bits per heavy atom. The third-order valence-electron chi connectivity index (χ3n) is 4.36. The lowest BCUT2D eigenvalue weighted by Crippen LogP contribution is -2.46. The Morgan fingerprint density at radius 3 is 2.92 bits per heavy atom. The number of nitrogens with one attached hydrogen (secondary N) is 1. The summed E-state index contributed by atoms with van der Waals surface area (Å²) in [5.74, 6) is -0.352. The van der Waals surface area contributed by atoms with Crippen molar-refractivity contribution in [3.05, 3.63) is 46.7 Å². The van der Waals surface area contributed by atoms with Crippen LogP contribution in [0.15, 0.2) is 30.5 Å². The minimum atomic E-state index is -0.577. The maximum atomic E-state index is 13.2. The highest BCUT2D eigenvalue weighted by Gasteiger charge is 2.39. The summed E-state index contributed by atoms with van der Waals surface area (Å²) in [6.45, 7) is 1.39. The van der Waals surface area contributed by atoms with Gasteiger partial charge in [0.05, 0.1) is 5.41 Å². The first-order valence-electron chi connectivity index (χ1n) is 7.90. The molecule has 1 aliphatic rings. The van der Waals surface area contributed by atoms with Crippen molar-refractivity contribution in [3.8, 4) is 0 Å². The summed E-state index contributed by atoms with van der Waals surface area (Å²) in [6.07, 6.45) is 3.54.